The van der Waals surface area contributed by atoms with E-state index in [0.29, 0.717) is 13.2 Å². The lowest BCUT2D eigenvalue weighted by Gasteiger charge is -2.32. The lowest BCUT2D eigenvalue weighted by atomic mass is 9.92. The Bertz CT molecular complexity index is 1400. The quantitative estimate of drug-likeness (QED) is 0.261. The number of nitrogens with zero attached hydrogens (tertiary/aromatic N) is 2. The number of ether oxygens (including phenoxy) is 3. The van der Waals surface area contributed by atoms with Gasteiger partial charge in [0.05, 0.1) is 44.1 Å². The summed E-state index contributed by atoms with van der Waals surface area (Å²) in [6.45, 7) is 2.59. The number of rotatable bonds is 13. The Morgan fingerprint density at radius 1 is 0.778 bits per heavy atom. The summed E-state index contributed by atoms with van der Waals surface area (Å²) in [5.41, 5.74) is 2.26. The summed E-state index contributed by atoms with van der Waals surface area (Å²) in [5.74, 6) is -1.36. The number of hydrogen-bond acceptors (Lipinski definition) is 7. The molecule has 0 spiro atoms. The standard InChI is InChI=1S/C35H44N4O6/c1-2-43-35(42)29-21-30(34(41)37-28-18-10-12-20-32(28)45-24-26-15-7-4-8-16-26)39(38-29)22-33(40)36-27-17-9-11-19-31(27)44-23-25-13-5-3-6-14-25/h3-8,13-16,21,27-28,31-32H,2,9-12,17-20,22-24H2,1H3,(H,36,40)(H,37,41)/t27-,28-,31-,32-/m0/s1. The Hall–Kier alpha value is -4.02. The maximum Gasteiger partial charge on any atom is 0.358 e. The highest BCUT2D eigenvalue weighted by molar-refractivity contribution is 5.96. The second-order valence-electron chi connectivity index (χ2n) is 11.8. The van der Waals surface area contributed by atoms with Gasteiger partial charge in [0.1, 0.15) is 12.2 Å². The van der Waals surface area contributed by atoms with Crippen LogP contribution >= 0.6 is 0 Å². The van der Waals surface area contributed by atoms with E-state index < -0.39 is 11.9 Å². The minimum absolute atomic E-state index is 0.0166. The van der Waals surface area contributed by atoms with E-state index in [0.717, 1.165) is 62.5 Å². The van der Waals surface area contributed by atoms with Crippen LogP contribution in [0.4, 0.5) is 0 Å². The van der Waals surface area contributed by atoms with Gasteiger partial charge in [-0.25, -0.2) is 9.48 Å². The summed E-state index contributed by atoms with van der Waals surface area (Å²) in [6, 6.07) is 21.0. The molecule has 2 aliphatic carbocycles. The van der Waals surface area contributed by atoms with Crippen molar-refractivity contribution in [3.63, 3.8) is 0 Å². The fourth-order valence-corrected chi connectivity index (χ4v) is 6.13. The fourth-order valence-electron chi connectivity index (χ4n) is 6.13. The van der Waals surface area contributed by atoms with Crippen molar-refractivity contribution < 1.29 is 28.6 Å². The van der Waals surface area contributed by atoms with E-state index in [1.54, 1.807) is 6.92 Å². The Morgan fingerprint density at radius 2 is 1.31 bits per heavy atom. The van der Waals surface area contributed by atoms with E-state index in [2.05, 4.69) is 15.7 Å². The van der Waals surface area contributed by atoms with E-state index in [-0.39, 0.29) is 54.7 Å². The van der Waals surface area contributed by atoms with Crippen LogP contribution in [-0.4, -0.2) is 58.5 Å². The van der Waals surface area contributed by atoms with Crippen molar-refractivity contribution in [1.29, 1.82) is 0 Å². The van der Waals surface area contributed by atoms with Gasteiger partial charge in [-0.2, -0.15) is 5.10 Å². The monoisotopic (exact) mass is 616 g/mol. The Balaban J connectivity index is 1.25. The van der Waals surface area contributed by atoms with E-state index in [1.165, 1.54) is 10.7 Å². The molecule has 2 aliphatic rings. The summed E-state index contributed by atoms with van der Waals surface area (Å²) < 4.78 is 18.9. The molecule has 2 fully saturated rings. The highest BCUT2D eigenvalue weighted by Crippen LogP contribution is 2.24. The molecule has 1 heterocycles. The third-order valence-corrected chi connectivity index (χ3v) is 8.47. The first-order chi connectivity index (χ1) is 22.0. The smallest absolute Gasteiger partial charge is 0.358 e. The summed E-state index contributed by atoms with van der Waals surface area (Å²) >= 11 is 0. The normalized spacial score (nSPS) is 21.5. The predicted molar refractivity (Wildman–Crippen MR) is 168 cm³/mol. The van der Waals surface area contributed by atoms with Gasteiger partial charge in [-0.1, -0.05) is 86.3 Å². The van der Waals surface area contributed by atoms with E-state index >= 15 is 0 Å². The van der Waals surface area contributed by atoms with Crippen LogP contribution in [0.5, 0.6) is 0 Å². The molecule has 2 N–H and O–H groups in total. The maximum absolute atomic E-state index is 13.7. The molecule has 0 bridgehead atoms. The molecule has 10 nitrogen and oxygen atoms in total. The summed E-state index contributed by atoms with van der Waals surface area (Å²) in [4.78, 5) is 39.6. The van der Waals surface area contributed by atoms with Crippen LogP contribution in [0, 0.1) is 0 Å². The van der Waals surface area contributed by atoms with Crippen LogP contribution in [0.15, 0.2) is 66.7 Å². The van der Waals surface area contributed by atoms with Crippen LogP contribution in [-0.2, 0) is 38.8 Å². The molecule has 240 valence electrons. The van der Waals surface area contributed by atoms with Crippen molar-refractivity contribution >= 4 is 17.8 Å². The highest BCUT2D eigenvalue weighted by Gasteiger charge is 2.31. The molecule has 45 heavy (non-hydrogen) atoms. The van der Waals surface area contributed by atoms with Gasteiger partial charge in [0, 0.05) is 6.07 Å². The largest absolute Gasteiger partial charge is 0.461 e. The van der Waals surface area contributed by atoms with Crippen molar-refractivity contribution in [3.05, 3.63) is 89.2 Å². The second-order valence-corrected chi connectivity index (χ2v) is 11.8. The zero-order valence-corrected chi connectivity index (χ0v) is 26.0. The molecule has 4 atom stereocenters. The van der Waals surface area contributed by atoms with Crippen LogP contribution in [0.3, 0.4) is 0 Å². The van der Waals surface area contributed by atoms with Gasteiger partial charge in [0.25, 0.3) is 5.91 Å². The first-order valence-corrected chi connectivity index (χ1v) is 16.2. The van der Waals surface area contributed by atoms with Gasteiger partial charge in [0.15, 0.2) is 5.69 Å². The van der Waals surface area contributed by atoms with Gasteiger partial charge in [-0.15, -0.1) is 0 Å². The SMILES string of the molecule is CCOC(=O)c1cc(C(=O)N[C@H]2CCCC[C@@H]2OCc2ccccc2)n(CC(=O)N[C@H]2CCCC[C@@H]2OCc2ccccc2)n1. The third kappa shape index (κ3) is 9.25. The molecule has 0 aliphatic heterocycles. The number of carbonyl (C=O) groups is 3. The van der Waals surface area contributed by atoms with Gasteiger partial charge in [-0.3, -0.25) is 9.59 Å². The number of carbonyl (C=O) groups excluding carboxylic acids is 3. The Kier molecular flexibility index (Phi) is 11.8. The minimum Gasteiger partial charge on any atom is -0.461 e. The molecule has 0 radical (unpaired) electrons. The first kappa shape index (κ1) is 32.4. The predicted octanol–water partition coefficient (Wildman–Crippen LogP) is 4.96. The Labute approximate surface area is 264 Å². The third-order valence-electron chi connectivity index (χ3n) is 8.47. The summed E-state index contributed by atoms with van der Waals surface area (Å²) in [5, 5.41) is 10.5. The zero-order valence-electron chi connectivity index (χ0n) is 26.0. The average molecular weight is 617 g/mol. The maximum atomic E-state index is 13.7. The van der Waals surface area contributed by atoms with Crippen molar-refractivity contribution in [1.82, 2.24) is 20.4 Å². The van der Waals surface area contributed by atoms with Crippen molar-refractivity contribution in [2.75, 3.05) is 6.61 Å². The fraction of sp³-hybridized carbons (Fsp3) is 0.486. The number of nitrogens with one attached hydrogen (secondary N) is 2. The van der Waals surface area contributed by atoms with Crippen LogP contribution in [0.1, 0.15) is 90.4 Å². The zero-order chi connectivity index (χ0) is 31.4. The number of benzene rings is 2. The Morgan fingerprint density at radius 3 is 1.87 bits per heavy atom. The molecule has 0 saturated heterocycles. The molecule has 2 amide bonds. The van der Waals surface area contributed by atoms with Crippen molar-refractivity contribution in [2.24, 2.45) is 0 Å². The number of amides is 2. The number of hydrogen-bond donors (Lipinski definition) is 2. The van der Waals surface area contributed by atoms with E-state index in [4.69, 9.17) is 14.2 Å². The van der Waals surface area contributed by atoms with Crippen LogP contribution in [0.25, 0.3) is 0 Å². The number of aromatic nitrogens is 2. The number of esters is 1. The highest BCUT2D eigenvalue weighted by atomic mass is 16.5. The topological polar surface area (TPSA) is 121 Å². The lowest BCUT2D eigenvalue weighted by Crippen LogP contribution is -2.48. The molecule has 2 saturated carbocycles. The first-order valence-electron chi connectivity index (χ1n) is 16.2. The van der Waals surface area contributed by atoms with Crippen molar-refractivity contribution in [3.8, 4) is 0 Å². The van der Waals surface area contributed by atoms with Crippen molar-refractivity contribution in [2.45, 2.75) is 102 Å². The summed E-state index contributed by atoms with van der Waals surface area (Å²) in [7, 11) is 0. The second kappa shape index (κ2) is 16.3. The van der Waals surface area contributed by atoms with E-state index in [1.807, 2.05) is 60.7 Å². The molecular weight excluding hydrogens is 572 g/mol. The molecule has 2 aromatic carbocycles. The average Bonchev–Trinajstić information content (AvgIpc) is 3.49. The lowest BCUT2D eigenvalue weighted by molar-refractivity contribution is -0.124. The molecular formula is C35H44N4O6. The minimum atomic E-state index is -0.644. The molecule has 1 aromatic heterocycles. The molecule has 0 unspecified atom stereocenters. The molecule has 5 rings (SSSR count). The van der Waals surface area contributed by atoms with Gasteiger partial charge < -0.3 is 24.8 Å². The molecule has 10 heteroatoms. The van der Waals surface area contributed by atoms with Gasteiger partial charge >= 0.3 is 5.97 Å². The van der Waals surface area contributed by atoms with E-state index in [9.17, 15) is 14.4 Å². The van der Waals surface area contributed by atoms with Crippen LogP contribution < -0.4 is 10.6 Å². The van der Waals surface area contributed by atoms with Crippen LogP contribution in [0.2, 0.25) is 0 Å². The molecule has 3 aromatic rings. The van der Waals surface area contributed by atoms with Gasteiger partial charge in [0.2, 0.25) is 5.91 Å². The summed E-state index contributed by atoms with van der Waals surface area (Å²) in [6.07, 6.45) is 7.03. The van der Waals surface area contributed by atoms with Gasteiger partial charge in [-0.05, 0) is 43.7 Å².